The van der Waals surface area contributed by atoms with Gasteiger partial charge in [-0.1, -0.05) is 43.7 Å². The number of piperidine rings is 1. The van der Waals surface area contributed by atoms with Gasteiger partial charge >= 0.3 is 0 Å². The molecule has 0 unspecified atom stereocenters. The summed E-state index contributed by atoms with van der Waals surface area (Å²) in [5, 5.41) is 13.4. The van der Waals surface area contributed by atoms with Crippen LogP contribution in [0.5, 0.6) is 0 Å². The van der Waals surface area contributed by atoms with Crippen molar-refractivity contribution in [3.63, 3.8) is 0 Å². The van der Waals surface area contributed by atoms with Gasteiger partial charge in [0.05, 0.1) is 20.8 Å². The Morgan fingerprint density at radius 2 is 1.88 bits per heavy atom. The third-order valence-corrected chi connectivity index (χ3v) is 8.95. The van der Waals surface area contributed by atoms with E-state index >= 15 is 0 Å². The number of aromatic nitrogens is 1. The second-order valence-electron chi connectivity index (χ2n) is 7.95. The van der Waals surface area contributed by atoms with E-state index in [2.05, 4.69) is 36.1 Å². The van der Waals surface area contributed by atoms with Gasteiger partial charge in [0.25, 0.3) is 5.69 Å². The van der Waals surface area contributed by atoms with Gasteiger partial charge in [0.15, 0.2) is 15.0 Å². The molecule has 168 valence electrons. The average Bonchev–Trinajstić information content (AvgIpc) is 3.30. The van der Waals surface area contributed by atoms with E-state index in [9.17, 15) is 18.5 Å². The fraction of sp³-hybridized carbons (Fsp3) is 0.348. The molecule has 1 saturated heterocycles. The van der Waals surface area contributed by atoms with Gasteiger partial charge in [0.1, 0.15) is 0 Å². The van der Waals surface area contributed by atoms with Crippen LogP contribution in [-0.4, -0.2) is 36.7 Å². The molecular formula is C23H25N3O4S2. The Balaban J connectivity index is 1.43. The number of nitro groups is 1. The van der Waals surface area contributed by atoms with Crippen LogP contribution < -0.4 is 4.90 Å². The second kappa shape index (κ2) is 9.38. The van der Waals surface area contributed by atoms with Crippen molar-refractivity contribution in [2.45, 2.75) is 42.8 Å². The number of hydrogen-bond donors (Lipinski definition) is 0. The number of sulfone groups is 1. The van der Waals surface area contributed by atoms with Crippen molar-refractivity contribution in [3.8, 4) is 11.3 Å². The summed E-state index contributed by atoms with van der Waals surface area (Å²) in [5.74, 6) is 0. The van der Waals surface area contributed by atoms with Crippen molar-refractivity contribution in [3.05, 3.63) is 69.6 Å². The van der Waals surface area contributed by atoms with E-state index in [-0.39, 0.29) is 10.6 Å². The minimum Gasteiger partial charge on any atom is -0.348 e. The number of thiazole rings is 1. The molecule has 9 heteroatoms. The van der Waals surface area contributed by atoms with Crippen molar-refractivity contribution >= 4 is 32.0 Å². The molecule has 3 aromatic rings. The van der Waals surface area contributed by atoms with Crippen LogP contribution in [0.1, 0.15) is 31.7 Å². The Morgan fingerprint density at radius 3 is 2.53 bits per heavy atom. The highest BCUT2D eigenvalue weighted by Crippen LogP contribution is 2.32. The maximum absolute atomic E-state index is 13.0. The van der Waals surface area contributed by atoms with E-state index in [4.69, 9.17) is 4.98 Å². The first kappa shape index (κ1) is 22.4. The van der Waals surface area contributed by atoms with Gasteiger partial charge in [-0.15, -0.1) is 11.3 Å². The SMILES string of the molecule is CCCc1ccc(-c2csc(N3CCC(S(=O)(=O)c4cccc([N+](=O)[O-])c4)CC3)n2)cc1. The molecule has 0 aliphatic carbocycles. The Morgan fingerprint density at radius 1 is 1.16 bits per heavy atom. The number of nitro benzene ring substituents is 1. The molecule has 1 aliphatic heterocycles. The number of nitrogens with zero attached hydrogens (tertiary/aromatic N) is 3. The Hall–Kier alpha value is -2.78. The van der Waals surface area contributed by atoms with Gasteiger partial charge in [-0.05, 0) is 30.9 Å². The molecule has 0 bridgehead atoms. The largest absolute Gasteiger partial charge is 0.348 e. The first-order chi connectivity index (χ1) is 15.4. The number of aryl methyl sites for hydroxylation is 1. The minimum absolute atomic E-state index is 0.0215. The van der Waals surface area contributed by atoms with Crippen molar-refractivity contribution in [1.29, 1.82) is 0 Å². The summed E-state index contributed by atoms with van der Waals surface area (Å²) in [6.45, 7) is 3.33. The number of hydrogen-bond acceptors (Lipinski definition) is 7. The summed E-state index contributed by atoms with van der Waals surface area (Å²) in [4.78, 5) is 17.4. The molecule has 0 spiro atoms. The normalized spacial score (nSPS) is 15.1. The van der Waals surface area contributed by atoms with Crippen molar-refractivity contribution in [2.75, 3.05) is 18.0 Å². The van der Waals surface area contributed by atoms with Crippen molar-refractivity contribution in [1.82, 2.24) is 4.98 Å². The molecule has 0 radical (unpaired) electrons. The van der Waals surface area contributed by atoms with Crippen LogP contribution in [-0.2, 0) is 16.3 Å². The molecule has 0 saturated carbocycles. The Kier molecular flexibility index (Phi) is 6.57. The van der Waals surface area contributed by atoms with Gasteiger partial charge in [0.2, 0.25) is 0 Å². The van der Waals surface area contributed by atoms with E-state index < -0.39 is 20.0 Å². The summed E-state index contributed by atoms with van der Waals surface area (Å²) < 4.78 is 26.0. The number of rotatable bonds is 7. The molecule has 32 heavy (non-hydrogen) atoms. The number of non-ortho nitro benzene ring substituents is 1. The third-order valence-electron chi connectivity index (χ3n) is 5.79. The molecular weight excluding hydrogens is 446 g/mol. The van der Waals surface area contributed by atoms with Crippen LogP contribution in [0.2, 0.25) is 0 Å². The number of benzene rings is 2. The number of anilines is 1. The molecule has 1 fully saturated rings. The van der Waals surface area contributed by atoms with E-state index in [1.807, 2.05) is 5.38 Å². The first-order valence-electron chi connectivity index (χ1n) is 10.7. The summed E-state index contributed by atoms with van der Waals surface area (Å²) in [6, 6.07) is 13.8. The van der Waals surface area contributed by atoms with Crippen LogP contribution in [0.15, 0.2) is 58.8 Å². The van der Waals surface area contributed by atoms with Gasteiger partial charge in [-0.3, -0.25) is 10.1 Å². The lowest BCUT2D eigenvalue weighted by atomic mass is 10.1. The van der Waals surface area contributed by atoms with Crippen molar-refractivity contribution < 1.29 is 13.3 Å². The Bertz CT molecular complexity index is 1200. The first-order valence-corrected chi connectivity index (χ1v) is 13.1. The summed E-state index contributed by atoms with van der Waals surface area (Å²) in [7, 11) is -3.62. The molecule has 4 rings (SSSR count). The smallest absolute Gasteiger partial charge is 0.270 e. The molecule has 0 atom stereocenters. The lowest BCUT2D eigenvalue weighted by Gasteiger charge is -2.31. The third kappa shape index (κ3) is 4.68. The van der Waals surface area contributed by atoms with E-state index in [1.165, 1.54) is 23.8 Å². The maximum atomic E-state index is 13.0. The molecule has 0 amide bonds. The van der Waals surface area contributed by atoms with E-state index in [0.717, 1.165) is 35.3 Å². The molecule has 7 nitrogen and oxygen atoms in total. The van der Waals surface area contributed by atoms with Crippen LogP contribution in [0, 0.1) is 10.1 Å². The molecule has 1 aliphatic rings. The second-order valence-corrected chi connectivity index (χ2v) is 11.0. The molecule has 2 aromatic carbocycles. The average molecular weight is 472 g/mol. The van der Waals surface area contributed by atoms with Gasteiger partial charge < -0.3 is 4.90 Å². The Labute approximate surface area is 191 Å². The fourth-order valence-electron chi connectivity index (χ4n) is 4.00. The predicted octanol–water partition coefficient (Wildman–Crippen LogP) is 5.11. The van der Waals surface area contributed by atoms with E-state index in [1.54, 1.807) is 11.3 Å². The maximum Gasteiger partial charge on any atom is 0.270 e. The van der Waals surface area contributed by atoms with Gasteiger partial charge in [-0.2, -0.15) is 0 Å². The lowest BCUT2D eigenvalue weighted by Crippen LogP contribution is -2.39. The van der Waals surface area contributed by atoms with Crippen LogP contribution >= 0.6 is 11.3 Å². The van der Waals surface area contributed by atoms with Gasteiger partial charge in [0, 0.05) is 36.2 Å². The van der Waals surface area contributed by atoms with Crippen molar-refractivity contribution in [2.24, 2.45) is 0 Å². The van der Waals surface area contributed by atoms with Crippen LogP contribution in [0.3, 0.4) is 0 Å². The summed E-state index contributed by atoms with van der Waals surface area (Å²) in [5.41, 5.74) is 3.12. The molecule has 1 aromatic heterocycles. The minimum atomic E-state index is -3.62. The molecule has 2 heterocycles. The van der Waals surface area contributed by atoms with Gasteiger partial charge in [-0.25, -0.2) is 13.4 Å². The van der Waals surface area contributed by atoms with Crippen LogP contribution in [0.25, 0.3) is 11.3 Å². The highest BCUT2D eigenvalue weighted by Gasteiger charge is 2.32. The standard InChI is InChI=1S/C23H25N3O4S2/c1-2-4-17-7-9-18(10-8-17)22-16-31-23(24-22)25-13-11-20(12-14-25)32(29,30)21-6-3-5-19(15-21)26(27)28/h3,5-10,15-16,20H,2,4,11-14H2,1H3. The highest BCUT2D eigenvalue weighted by molar-refractivity contribution is 7.92. The molecule has 0 N–H and O–H groups in total. The summed E-state index contributed by atoms with van der Waals surface area (Å²) >= 11 is 1.57. The zero-order chi connectivity index (χ0) is 22.7. The monoisotopic (exact) mass is 471 g/mol. The quantitative estimate of drug-likeness (QED) is 0.351. The highest BCUT2D eigenvalue weighted by atomic mass is 32.2. The van der Waals surface area contributed by atoms with Crippen LogP contribution in [0.4, 0.5) is 10.8 Å². The fourth-order valence-corrected chi connectivity index (χ4v) is 6.65. The zero-order valence-electron chi connectivity index (χ0n) is 17.8. The lowest BCUT2D eigenvalue weighted by molar-refractivity contribution is -0.385. The predicted molar refractivity (Wildman–Crippen MR) is 127 cm³/mol. The summed E-state index contributed by atoms with van der Waals surface area (Å²) in [6.07, 6.45) is 3.11. The van der Waals surface area contributed by atoms with E-state index in [0.29, 0.717) is 25.9 Å². The zero-order valence-corrected chi connectivity index (χ0v) is 19.4. The topological polar surface area (TPSA) is 93.4 Å².